The van der Waals surface area contributed by atoms with E-state index in [2.05, 4.69) is 5.32 Å². The van der Waals surface area contributed by atoms with E-state index in [1.807, 2.05) is 9.80 Å². The lowest BCUT2D eigenvalue weighted by Gasteiger charge is -2.38. The average molecular weight is 309 g/mol. The molecule has 124 valence electrons. The van der Waals surface area contributed by atoms with Crippen LogP contribution in [0.1, 0.15) is 39.0 Å². The van der Waals surface area contributed by atoms with Crippen molar-refractivity contribution < 1.29 is 14.3 Å². The van der Waals surface area contributed by atoms with Crippen molar-refractivity contribution in [3.63, 3.8) is 0 Å². The molecule has 0 bridgehead atoms. The molecular weight excluding hydrogens is 282 g/mol. The second-order valence-electron chi connectivity index (χ2n) is 6.80. The van der Waals surface area contributed by atoms with Gasteiger partial charge in [-0.3, -0.25) is 4.79 Å². The predicted molar refractivity (Wildman–Crippen MR) is 82.5 cm³/mol. The molecule has 2 heterocycles. The zero-order valence-electron chi connectivity index (χ0n) is 13.4. The Balaban J connectivity index is 1.54. The molecule has 0 unspecified atom stereocenters. The van der Waals surface area contributed by atoms with Gasteiger partial charge in [-0.15, -0.1) is 0 Å². The minimum absolute atomic E-state index is 0.0571. The van der Waals surface area contributed by atoms with E-state index in [1.165, 1.54) is 12.8 Å². The molecule has 22 heavy (non-hydrogen) atoms. The molecular formula is C16H27N3O3. The highest BCUT2D eigenvalue weighted by Crippen LogP contribution is 2.25. The number of carbonyl (C=O) groups is 2. The van der Waals surface area contributed by atoms with Gasteiger partial charge < -0.3 is 19.9 Å². The van der Waals surface area contributed by atoms with Crippen LogP contribution in [0.5, 0.6) is 0 Å². The van der Waals surface area contributed by atoms with Crippen LogP contribution >= 0.6 is 0 Å². The fourth-order valence-corrected chi connectivity index (χ4v) is 3.86. The molecule has 0 aromatic carbocycles. The third-order valence-electron chi connectivity index (χ3n) is 5.26. The third-order valence-corrected chi connectivity index (χ3v) is 5.26. The number of ether oxygens (including phenoxy) is 1. The summed E-state index contributed by atoms with van der Waals surface area (Å²) in [4.78, 5) is 27.7. The summed E-state index contributed by atoms with van der Waals surface area (Å²) >= 11 is 0. The second-order valence-corrected chi connectivity index (χ2v) is 6.80. The van der Waals surface area contributed by atoms with Crippen LogP contribution in [0.2, 0.25) is 0 Å². The summed E-state index contributed by atoms with van der Waals surface area (Å²) < 4.78 is 5.92. The van der Waals surface area contributed by atoms with Crippen LogP contribution < -0.4 is 5.32 Å². The van der Waals surface area contributed by atoms with Crippen molar-refractivity contribution >= 4 is 11.9 Å². The molecule has 1 saturated carbocycles. The summed E-state index contributed by atoms with van der Waals surface area (Å²) in [5.74, 6) is 0.465. The number of likely N-dealkylation sites (tertiary alicyclic amines) is 1. The lowest BCUT2D eigenvalue weighted by Crippen LogP contribution is -2.53. The van der Waals surface area contributed by atoms with E-state index >= 15 is 0 Å². The maximum atomic E-state index is 12.4. The van der Waals surface area contributed by atoms with Gasteiger partial charge in [0, 0.05) is 45.1 Å². The van der Waals surface area contributed by atoms with E-state index in [4.69, 9.17) is 4.74 Å². The number of piperidine rings is 1. The second kappa shape index (κ2) is 6.86. The molecule has 6 nitrogen and oxygen atoms in total. The van der Waals surface area contributed by atoms with Gasteiger partial charge in [-0.05, 0) is 19.3 Å². The van der Waals surface area contributed by atoms with Crippen molar-refractivity contribution in [2.45, 2.75) is 51.2 Å². The number of fused-ring (bicyclic) bond motifs is 1. The van der Waals surface area contributed by atoms with Crippen LogP contribution in [-0.2, 0) is 9.53 Å². The highest BCUT2D eigenvalue weighted by molar-refractivity contribution is 5.75. The predicted octanol–water partition coefficient (Wildman–Crippen LogP) is 1.21. The van der Waals surface area contributed by atoms with Crippen LogP contribution in [0.25, 0.3) is 0 Å². The number of hydrogen-bond acceptors (Lipinski definition) is 3. The van der Waals surface area contributed by atoms with Crippen molar-refractivity contribution in [3.8, 4) is 0 Å². The Hall–Kier alpha value is -1.30. The van der Waals surface area contributed by atoms with Gasteiger partial charge in [-0.1, -0.05) is 12.8 Å². The van der Waals surface area contributed by atoms with Gasteiger partial charge in [0.05, 0.1) is 12.7 Å². The molecule has 0 aromatic heterocycles. The van der Waals surface area contributed by atoms with Gasteiger partial charge >= 0.3 is 6.03 Å². The molecule has 3 aliphatic rings. The first-order chi connectivity index (χ1) is 10.6. The molecule has 1 aliphatic carbocycles. The van der Waals surface area contributed by atoms with Crippen LogP contribution in [-0.4, -0.2) is 66.7 Å². The highest BCUT2D eigenvalue weighted by Gasteiger charge is 2.36. The van der Waals surface area contributed by atoms with Crippen molar-refractivity contribution in [1.29, 1.82) is 0 Å². The maximum Gasteiger partial charge on any atom is 0.317 e. The van der Waals surface area contributed by atoms with Crippen molar-refractivity contribution in [2.75, 3.05) is 32.8 Å². The Morgan fingerprint density at radius 1 is 1.05 bits per heavy atom. The molecule has 0 spiro atoms. The Bertz CT molecular complexity index is 423. The van der Waals surface area contributed by atoms with Gasteiger partial charge in [-0.2, -0.15) is 0 Å². The monoisotopic (exact) mass is 309 g/mol. The normalized spacial score (nSPS) is 29.9. The van der Waals surface area contributed by atoms with Gasteiger partial charge in [0.1, 0.15) is 0 Å². The lowest BCUT2D eigenvalue weighted by atomic mass is 9.93. The van der Waals surface area contributed by atoms with Gasteiger partial charge in [-0.25, -0.2) is 4.79 Å². The standard InChI is InChI=1S/C16H27N3O3/c1-12(20)18-8-9-22-15-11-19(7-6-13(15)10-18)16(21)17-14-4-2-3-5-14/h13-15H,2-11H2,1H3,(H,17,21)/t13-,15-/m0/s1. The number of carbonyl (C=O) groups excluding carboxylic acids is 2. The highest BCUT2D eigenvalue weighted by atomic mass is 16.5. The van der Waals surface area contributed by atoms with Crippen LogP contribution in [0.15, 0.2) is 0 Å². The first kappa shape index (κ1) is 15.6. The molecule has 0 aromatic rings. The number of rotatable bonds is 1. The summed E-state index contributed by atoms with van der Waals surface area (Å²) in [5.41, 5.74) is 0. The van der Waals surface area contributed by atoms with Crippen LogP contribution in [0.4, 0.5) is 4.79 Å². The summed E-state index contributed by atoms with van der Waals surface area (Å²) in [7, 11) is 0. The Morgan fingerprint density at radius 3 is 2.55 bits per heavy atom. The summed E-state index contributed by atoms with van der Waals surface area (Å²) in [6.45, 7) is 5.02. The van der Waals surface area contributed by atoms with Crippen molar-refractivity contribution in [2.24, 2.45) is 5.92 Å². The zero-order chi connectivity index (χ0) is 15.5. The van der Waals surface area contributed by atoms with E-state index in [0.29, 0.717) is 31.7 Å². The number of urea groups is 1. The van der Waals surface area contributed by atoms with Gasteiger partial charge in [0.25, 0.3) is 0 Å². The smallest absolute Gasteiger partial charge is 0.317 e. The molecule has 3 fully saturated rings. The van der Waals surface area contributed by atoms with E-state index in [-0.39, 0.29) is 18.0 Å². The first-order valence-electron chi connectivity index (χ1n) is 8.56. The number of hydrogen-bond donors (Lipinski definition) is 1. The number of nitrogens with one attached hydrogen (secondary N) is 1. The Labute approximate surface area is 132 Å². The Morgan fingerprint density at radius 2 is 1.82 bits per heavy atom. The number of nitrogens with zero attached hydrogens (tertiary/aromatic N) is 2. The van der Waals surface area contributed by atoms with Crippen LogP contribution in [0.3, 0.4) is 0 Å². The molecule has 0 radical (unpaired) electrons. The van der Waals surface area contributed by atoms with E-state index in [0.717, 1.165) is 32.4 Å². The molecule has 2 atom stereocenters. The minimum atomic E-state index is 0.0571. The van der Waals surface area contributed by atoms with E-state index < -0.39 is 0 Å². The van der Waals surface area contributed by atoms with E-state index in [1.54, 1.807) is 6.92 Å². The van der Waals surface area contributed by atoms with E-state index in [9.17, 15) is 9.59 Å². The molecule has 3 amide bonds. The number of amides is 3. The fourth-order valence-electron chi connectivity index (χ4n) is 3.86. The summed E-state index contributed by atoms with van der Waals surface area (Å²) in [5, 5.41) is 3.15. The maximum absolute atomic E-state index is 12.4. The molecule has 1 N–H and O–H groups in total. The van der Waals surface area contributed by atoms with Crippen molar-refractivity contribution in [1.82, 2.24) is 15.1 Å². The Kier molecular flexibility index (Phi) is 4.86. The molecule has 2 aliphatic heterocycles. The fraction of sp³-hybridized carbons (Fsp3) is 0.875. The third kappa shape index (κ3) is 3.54. The molecule has 2 saturated heterocycles. The van der Waals surface area contributed by atoms with Crippen LogP contribution in [0, 0.1) is 5.92 Å². The topological polar surface area (TPSA) is 61.9 Å². The largest absolute Gasteiger partial charge is 0.374 e. The first-order valence-corrected chi connectivity index (χ1v) is 8.56. The average Bonchev–Trinajstić information content (AvgIpc) is 2.90. The molecule has 3 rings (SSSR count). The molecule has 6 heteroatoms. The summed E-state index contributed by atoms with van der Waals surface area (Å²) in [6.07, 6.45) is 5.63. The quantitative estimate of drug-likeness (QED) is 0.792. The SMILES string of the molecule is CC(=O)N1CCO[C@H]2CN(C(=O)NC3CCCC3)CC[C@H]2C1. The lowest BCUT2D eigenvalue weighted by molar-refractivity contribution is -0.129. The van der Waals surface area contributed by atoms with Gasteiger partial charge in [0.15, 0.2) is 0 Å². The zero-order valence-corrected chi connectivity index (χ0v) is 13.4. The summed E-state index contributed by atoms with van der Waals surface area (Å²) in [6, 6.07) is 0.412. The minimum Gasteiger partial charge on any atom is -0.374 e. The van der Waals surface area contributed by atoms with Gasteiger partial charge in [0.2, 0.25) is 5.91 Å². The van der Waals surface area contributed by atoms with Crippen molar-refractivity contribution in [3.05, 3.63) is 0 Å².